The van der Waals surface area contributed by atoms with E-state index in [1.807, 2.05) is 19.9 Å². The molecule has 0 bridgehead atoms. The molecule has 0 aliphatic heterocycles. The second-order valence-electron chi connectivity index (χ2n) is 6.07. The van der Waals surface area contributed by atoms with E-state index in [1.54, 1.807) is 48.5 Å². The van der Waals surface area contributed by atoms with Gasteiger partial charge in [0, 0.05) is 0 Å². The lowest BCUT2D eigenvalue weighted by Gasteiger charge is -2.11. The predicted molar refractivity (Wildman–Crippen MR) is 105 cm³/mol. The van der Waals surface area contributed by atoms with Gasteiger partial charge in [0.05, 0.1) is 28.0 Å². The standard InChI is InChI=1S/C20H18N4O2S/c1-14-7-9-18(11-15(14)2)27(25,26)24-20-10-8-17(13-22-20)23-19-6-4-3-5-16(19)12-21/h3-11,13,23H,1-2H3,(H,22,24). The first-order chi connectivity index (χ1) is 12.9. The van der Waals surface area contributed by atoms with Crippen molar-refractivity contribution in [1.82, 2.24) is 4.98 Å². The maximum atomic E-state index is 12.5. The van der Waals surface area contributed by atoms with Crippen LogP contribution in [0.15, 0.2) is 65.7 Å². The zero-order valence-corrected chi connectivity index (χ0v) is 15.7. The van der Waals surface area contributed by atoms with E-state index in [1.165, 1.54) is 6.20 Å². The Morgan fingerprint density at radius 3 is 2.44 bits per heavy atom. The number of benzene rings is 2. The third-order valence-corrected chi connectivity index (χ3v) is 5.47. The lowest BCUT2D eigenvalue weighted by molar-refractivity contribution is 0.601. The normalized spacial score (nSPS) is 10.9. The minimum atomic E-state index is -3.71. The van der Waals surface area contributed by atoms with Crippen molar-refractivity contribution in [3.63, 3.8) is 0 Å². The van der Waals surface area contributed by atoms with Gasteiger partial charge >= 0.3 is 0 Å². The number of nitrogens with one attached hydrogen (secondary N) is 2. The number of sulfonamides is 1. The van der Waals surface area contributed by atoms with Crippen LogP contribution in [-0.4, -0.2) is 13.4 Å². The zero-order valence-electron chi connectivity index (χ0n) is 14.9. The third kappa shape index (κ3) is 4.25. The largest absolute Gasteiger partial charge is 0.353 e. The van der Waals surface area contributed by atoms with Crippen molar-refractivity contribution in [3.05, 3.63) is 77.5 Å². The summed E-state index contributed by atoms with van der Waals surface area (Å²) < 4.78 is 27.5. The molecule has 27 heavy (non-hydrogen) atoms. The van der Waals surface area contributed by atoms with Crippen molar-refractivity contribution in [2.24, 2.45) is 0 Å². The smallest absolute Gasteiger partial charge is 0.263 e. The van der Waals surface area contributed by atoms with E-state index in [0.717, 1.165) is 11.1 Å². The number of nitriles is 1. The van der Waals surface area contributed by atoms with Gasteiger partial charge in [0.2, 0.25) is 0 Å². The molecule has 1 aromatic heterocycles. The van der Waals surface area contributed by atoms with Gasteiger partial charge < -0.3 is 5.32 Å². The molecule has 0 amide bonds. The highest BCUT2D eigenvalue weighted by Crippen LogP contribution is 2.22. The number of hydrogen-bond donors (Lipinski definition) is 2. The van der Waals surface area contributed by atoms with E-state index in [2.05, 4.69) is 21.1 Å². The zero-order chi connectivity index (χ0) is 19.4. The maximum Gasteiger partial charge on any atom is 0.263 e. The number of hydrogen-bond acceptors (Lipinski definition) is 5. The molecular formula is C20H18N4O2S. The third-order valence-electron chi connectivity index (χ3n) is 4.12. The van der Waals surface area contributed by atoms with Crippen LogP contribution in [-0.2, 0) is 10.0 Å². The molecular weight excluding hydrogens is 360 g/mol. The molecule has 0 radical (unpaired) electrons. The molecule has 0 unspecified atom stereocenters. The number of rotatable bonds is 5. The Hall–Kier alpha value is -3.37. The van der Waals surface area contributed by atoms with Gasteiger partial charge in [-0.2, -0.15) is 5.26 Å². The molecule has 7 heteroatoms. The topological polar surface area (TPSA) is 94.9 Å². The Morgan fingerprint density at radius 2 is 1.78 bits per heavy atom. The lowest BCUT2D eigenvalue weighted by atomic mass is 10.1. The van der Waals surface area contributed by atoms with Gasteiger partial charge in [0.1, 0.15) is 11.9 Å². The number of anilines is 3. The Morgan fingerprint density at radius 1 is 1.00 bits per heavy atom. The molecule has 0 aliphatic carbocycles. The molecule has 136 valence electrons. The average molecular weight is 378 g/mol. The van der Waals surface area contributed by atoms with Crippen LogP contribution in [0.1, 0.15) is 16.7 Å². The van der Waals surface area contributed by atoms with Gasteiger partial charge in [-0.15, -0.1) is 0 Å². The SMILES string of the molecule is Cc1ccc(S(=O)(=O)Nc2ccc(Nc3ccccc3C#N)cn2)cc1C. The molecule has 2 N–H and O–H groups in total. The van der Waals surface area contributed by atoms with Crippen LogP contribution in [0, 0.1) is 25.2 Å². The van der Waals surface area contributed by atoms with E-state index in [0.29, 0.717) is 16.9 Å². The summed E-state index contributed by atoms with van der Waals surface area (Å²) in [6, 6.07) is 17.4. The number of para-hydroxylation sites is 1. The number of nitrogens with zero attached hydrogens (tertiary/aromatic N) is 2. The predicted octanol–water partition coefficient (Wildman–Crippen LogP) is 4.11. The van der Waals surface area contributed by atoms with Crippen LogP contribution in [0.4, 0.5) is 17.2 Å². The van der Waals surface area contributed by atoms with Crippen LogP contribution in [0.25, 0.3) is 0 Å². The first-order valence-corrected chi connectivity index (χ1v) is 9.69. The van der Waals surface area contributed by atoms with Crippen molar-refractivity contribution in [3.8, 4) is 6.07 Å². The molecule has 3 rings (SSSR count). The molecule has 0 atom stereocenters. The summed E-state index contributed by atoms with van der Waals surface area (Å²) in [6.07, 6.45) is 1.51. The van der Waals surface area contributed by atoms with Gasteiger partial charge in [-0.3, -0.25) is 4.72 Å². The van der Waals surface area contributed by atoms with Crippen LogP contribution in [0.2, 0.25) is 0 Å². The molecule has 3 aromatic rings. The van der Waals surface area contributed by atoms with Crippen LogP contribution in [0.3, 0.4) is 0 Å². The van der Waals surface area contributed by atoms with Gasteiger partial charge in [-0.1, -0.05) is 18.2 Å². The second kappa shape index (κ2) is 7.48. The summed E-state index contributed by atoms with van der Waals surface area (Å²) >= 11 is 0. The van der Waals surface area contributed by atoms with Gasteiger partial charge in [-0.05, 0) is 61.4 Å². The van der Waals surface area contributed by atoms with Crippen LogP contribution >= 0.6 is 0 Å². The van der Waals surface area contributed by atoms with Gasteiger partial charge in [-0.25, -0.2) is 13.4 Å². The van der Waals surface area contributed by atoms with E-state index in [4.69, 9.17) is 5.26 Å². The van der Waals surface area contributed by atoms with Gasteiger partial charge in [0.15, 0.2) is 0 Å². The highest BCUT2D eigenvalue weighted by Gasteiger charge is 2.15. The van der Waals surface area contributed by atoms with Crippen LogP contribution < -0.4 is 10.0 Å². The van der Waals surface area contributed by atoms with Crippen LogP contribution in [0.5, 0.6) is 0 Å². The summed E-state index contributed by atoms with van der Waals surface area (Å²) in [6.45, 7) is 3.79. The van der Waals surface area contributed by atoms with Gasteiger partial charge in [0.25, 0.3) is 10.0 Å². The van der Waals surface area contributed by atoms with Crippen molar-refractivity contribution in [2.45, 2.75) is 18.7 Å². The molecule has 2 aromatic carbocycles. The Kier molecular flexibility index (Phi) is 5.10. The summed E-state index contributed by atoms with van der Waals surface area (Å²) in [5.41, 5.74) is 3.75. The molecule has 0 spiro atoms. The second-order valence-corrected chi connectivity index (χ2v) is 7.75. The minimum absolute atomic E-state index is 0.192. The number of aryl methyl sites for hydroxylation is 2. The first-order valence-electron chi connectivity index (χ1n) is 8.21. The highest BCUT2D eigenvalue weighted by atomic mass is 32.2. The summed E-state index contributed by atoms with van der Waals surface area (Å²) in [5, 5.41) is 12.2. The Balaban J connectivity index is 1.77. The van der Waals surface area contributed by atoms with E-state index >= 15 is 0 Å². The summed E-state index contributed by atoms with van der Waals surface area (Å²) in [7, 11) is -3.71. The monoisotopic (exact) mass is 378 g/mol. The fraction of sp³-hybridized carbons (Fsp3) is 0.100. The molecule has 0 aliphatic rings. The first kappa shape index (κ1) is 18.4. The molecule has 6 nitrogen and oxygen atoms in total. The fourth-order valence-electron chi connectivity index (χ4n) is 2.45. The molecule has 1 heterocycles. The summed E-state index contributed by atoms with van der Waals surface area (Å²) in [4.78, 5) is 4.34. The molecule has 0 fully saturated rings. The highest BCUT2D eigenvalue weighted by molar-refractivity contribution is 7.92. The minimum Gasteiger partial charge on any atom is -0.353 e. The molecule has 0 saturated carbocycles. The quantitative estimate of drug-likeness (QED) is 0.696. The Labute approximate surface area is 158 Å². The maximum absolute atomic E-state index is 12.5. The van der Waals surface area contributed by atoms with Crippen molar-refractivity contribution in [2.75, 3.05) is 10.0 Å². The molecule has 0 saturated heterocycles. The average Bonchev–Trinajstić information content (AvgIpc) is 2.65. The van der Waals surface area contributed by atoms with E-state index < -0.39 is 10.0 Å². The van der Waals surface area contributed by atoms with Crippen molar-refractivity contribution >= 4 is 27.2 Å². The summed E-state index contributed by atoms with van der Waals surface area (Å²) in [5.74, 6) is 0.215. The van der Waals surface area contributed by atoms with E-state index in [9.17, 15) is 8.42 Å². The number of aromatic nitrogens is 1. The lowest BCUT2D eigenvalue weighted by Crippen LogP contribution is -2.14. The van der Waals surface area contributed by atoms with Crippen molar-refractivity contribution in [1.29, 1.82) is 5.26 Å². The number of pyridine rings is 1. The Bertz CT molecular complexity index is 1120. The van der Waals surface area contributed by atoms with E-state index in [-0.39, 0.29) is 10.7 Å². The fourth-order valence-corrected chi connectivity index (χ4v) is 3.54. The van der Waals surface area contributed by atoms with Crippen molar-refractivity contribution < 1.29 is 8.42 Å².